The van der Waals surface area contributed by atoms with E-state index in [0.29, 0.717) is 0 Å². The van der Waals surface area contributed by atoms with Gasteiger partial charge in [-0.15, -0.1) is 0 Å². The van der Waals surface area contributed by atoms with E-state index in [1.165, 1.54) is 5.56 Å². The SMILES string of the molecule is Cc1cc(B2OC(C)(C)C(C)(C)O2)c2[nH]ncc2c1. The van der Waals surface area contributed by atoms with Crippen molar-refractivity contribution in [2.24, 2.45) is 0 Å². The maximum Gasteiger partial charge on any atom is 0.497 e. The lowest BCUT2D eigenvalue weighted by molar-refractivity contribution is 0.00578. The summed E-state index contributed by atoms with van der Waals surface area (Å²) < 4.78 is 12.2. The van der Waals surface area contributed by atoms with Crippen LogP contribution in [0.5, 0.6) is 0 Å². The molecule has 1 aliphatic rings. The normalized spacial score (nSPS) is 21.2. The van der Waals surface area contributed by atoms with Crippen LogP contribution in [0.15, 0.2) is 18.3 Å². The Balaban J connectivity index is 2.09. The van der Waals surface area contributed by atoms with E-state index >= 15 is 0 Å². The second-order valence-corrected chi connectivity index (χ2v) is 6.28. The maximum atomic E-state index is 6.11. The highest BCUT2D eigenvalue weighted by molar-refractivity contribution is 6.65. The fraction of sp³-hybridized carbons (Fsp3) is 0.500. The molecule has 0 saturated carbocycles. The molecule has 1 fully saturated rings. The molecule has 0 atom stereocenters. The predicted molar refractivity (Wildman–Crippen MR) is 76.5 cm³/mol. The van der Waals surface area contributed by atoms with E-state index in [4.69, 9.17) is 9.31 Å². The standard InChI is InChI=1S/C14H19BN2O2/c1-9-6-10-8-16-17-12(10)11(7-9)15-18-13(2,3)14(4,5)19-15/h6-8H,1-5H3,(H,16,17). The molecule has 19 heavy (non-hydrogen) atoms. The highest BCUT2D eigenvalue weighted by Crippen LogP contribution is 2.36. The van der Waals surface area contributed by atoms with Crippen molar-refractivity contribution in [2.45, 2.75) is 45.8 Å². The maximum absolute atomic E-state index is 6.11. The third-order valence-corrected chi connectivity index (χ3v) is 4.23. The molecule has 0 spiro atoms. The number of H-pyrrole nitrogens is 1. The largest absolute Gasteiger partial charge is 0.497 e. The van der Waals surface area contributed by atoms with E-state index < -0.39 is 0 Å². The van der Waals surface area contributed by atoms with Gasteiger partial charge in [0.15, 0.2) is 0 Å². The summed E-state index contributed by atoms with van der Waals surface area (Å²) in [7, 11) is -0.354. The number of fused-ring (bicyclic) bond motifs is 1. The van der Waals surface area contributed by atoms with Crippen LogP contribution in [-0.4, -0.2) is 28.5 Å². The van der Waals surface area contributed by atoms with Gasteiger partial charge >= 0.3 is 7.12 Å². The van der Waals surface area contributed by atoms with Gasteiger partial charge in [-0.2, -0.15) is 5.10 Å². The molecule has 2 aromatic rings. The lowest BCUT2D eigenvalue weighted by Crippen LogP contribution is -2.41. The first-order chi connectivity index (χ1) is 8.80. The van der Waals surface area contributed by atoms with Gasteiger partial charge in [-0.3, -0.25) is 5.10 Å². The van der Waals surface area contributed by atoms with Crippen LogP contribution in [0.25, 0.3) is 10.9 Å². The van der Waals surface area contributed by atoms with Crippen LogP contribution in [0.4, 0.5) is 0 Å². The van der Waals surface area contributed by atoms with Gasteiger partial charge in [-0.25, -0.2) is 0 Å². The van der Waals surface area contributed by atoms with Crippen LogP contribution < -0.4 is 5.46 Å². The van der Waals surface area contributed by atoms with Crippen molar-refractivity contribution in [3.8, 4) is 0 Å². The lowest BCUT2D eigenvalue weighted by Gasteiger charge is -2.32. The minimum Gasteiger partial charge on any atom is -0.399 e. The second kappa shape index (κ2) is 3.84. The average Bonchev–Trinajstić information content (AvgIpc) is 2.80. The van der Waals surface area contributed by atoms with Crippen molar-refractivity contribution < 1.29 is 9.31 Å². The molecule has 100 valence electrons. The average molecular weight is 258 g/mol. The highest BCUT2D eigenvalue weighted by atomic mass is 16.7. The molecule has 1 N–H and O–H groups in total. The summed E-state index contributed by atoms with van der Waals surface area (Å²) in [5.74, 6) is 0. The van der Waals surface area contributed by atoms with Gasteiger partial charge in [0.25, 0.3) is 0 Å². The van der Waals surface area contributed by atoms with E-state index in [1.54, 1.807) is 0 Å². The Morgan fingerprint density at radius 3 is 2.37 bits per heavy atom. The van der Waals surface area contributed by atoms with Gasteiger partial charge in [0.2, 0.25) is 0 Å². The van der Waals surface area contributed by atoms with Gasteiger partial charge in [0.1, 0.15) is 0 Å². The Kier molecular flexibility index (Phi) is 2.56. The molecule has 0 radical (unpaired) electrons. The molecule has 0 amide bonds. The summed E-state index contributed by atoms with van der Waals surface area (Å²) in [5, 5.41) is 8.24. The molecule has 1 saturated heterocycles. The number of aryl methyl sites for hydroxylation is 1. The minimum atomic E-state index is -0.354. The molecule has 1 aliphatic heterocycles. The minimum absolute atomic E-state index is 0.326. The first-order valence-corrected chi connectivity index (χ1v) is 6.59. The van der Waals surface area contributed by atoms with Crippen LogP contribution in [0.1, 0.15) is 33.3 Å². The van der Waals surface area contributed by atoms with Crippen LogP contribution in [0, 0.1) is 6.92 Å². The van der Waals surface area contributed by atoms with Crippen LogP contribution in [0.2, 0.25) is 0 Å². The Morgan fingerprint density at radius 2 is 1.74 bits per heavy atom. The summed E-state index contributed by atoms with van der Waals surface area (Å²) >= 11 is 0. The Hall–Kier alpha value is -1.33. The molecule has 0 unspecified atom stereocenters. The summed E-state index contributed by atoms with van der Waals surface area (Å²) in [4.78, 5) is 0. The molecule has 2 heterocycles. The van der Waals surface area contributed by atoms with Crippen LogP contribution >= 0.6 is 0 Å². The summed E-state index contributed by atoms with van der Waals surface area (Å²) in [6, 6.07) is 4.20. The van der Waals surface area contributed by atoms with Gasteiger partial charge in [-0.1, -0.05) is 11.6 Å². The third kappa shape index (κ3) is 1.88. The zero-order valence-corrected chi connectivity index (χ0v) is 12.1. The molecule has 1 aromatic carbocycles. The van der Waals surface area contributed by atoms with Crippen molar-refractivity contribution in [3.63, 3.8) is 0 Å². The molecule has 0 bridgehead atoms. The van der Waals surface area contributed by atoms with Gasteiger partial charge in [0, 0.05) is 10.8 Å². The van der Waals surface area contributed by atoms with Gasteiger partial charge < -0.3 is 9.31 Å². The monoisotopic (exact) mass is 258 g/mol. The fourth-order valence-corrected chi connectivity index (χ4v) is 2.40. The Labute approximate surface area is 113 Å². The highest BCUT2D eigenvalue weighted by Gasteiger charge is 2.52. The first-order valence-electron chi connectivity index (χ1n) is 6.59. The molecule has 0 aliphatic carbocycles. The van der Waals surface area contributed by atoms with E-state index in [9.17, 15) is 0 Å². The van der Waals surface area contributed by atoms with Gasteiger partial charge in [-0.05, 0) is 40.7 Å². The van der Waals surface area contributed by atoms with Crippen molar-refractivity contribution in [1.29, 1.82) is 0 Å². The summed E-state index contributed by atoms with van der Waals surface area (Å²) in [5.41, 5.74) is 2.54. The zero-order valence-electron chi connectivity index (χ0n) is 12.1. The lowest BCUT2D eigenvalue weighted by atomic mass is 9.77. The first kappa shape index (κ1) is 12.7. The van der Waals surface area contributed by atoms with E-state index in [-0.39, 0.29) is 18.3 Å². The van der Waals surface area contributed by atoms with Crippen molar-refractivity contribution in [1.82, 2.24) is 10.2 Å². The molecule has 3 rings (SSSR count). The fourth-order valence-electron chi connectivity index (χ4n) is 2.40. The molecule has 4 nitrogen and oxygen atoms in total. The summed E-state index contributed by atoms with van der Waals surface area (Å²) in [6.45, 7) is 10.3. The van der Waals surface area contributed by atoms with E-state index in [0.717, 1.165) is 16.4 Å². The number of nitrogens with zero attached hydrogens (tertiary/aromatic N) is 1. The smallest absolute Gasteiger partial charge is 0.399 e. The molecular weight excluding hydrogens is 239 g/mol. The van der Waals surface area contributed by atoms with Crippen molar-refractivity contribution >= 4 is 23.5 Å². The number of nitrogens with one attached hydrogen (secondary N) is 1. The molecule has 5 heteroatoms. The number of benzene rings is 1. The summed E-state index contributed by atoms with van der Waals surface area (Å²) in [6.07, 6.45) is 1.83. The quantitative estimate of drug-likeness (QED) is 0.797. The van der Waals surface area contributed by atoms with Crippen LogP contribution in [-0.2, 0) is 9.31 Å². The van der Waals surface area contributed by atoms with E-state index in [1.807, 2.05) is 6.20 Å². The number of aromatic amines is 1. The van der Waals surface area contributed by atoms with Crippen molar-refractivity contribution in [3.05, 3.63) is 23.9 Å². The zero-order chi connectivity index (χ0) is 13.8. The van der Waals surface area contributed by atoms with E-state index in [2.05, 4.69) is 56.9 Å². The molecule has 1 aromatic heterocycles. The molecular formula is C14H19BN2O2. The number of hydrogen-bond acceptors (Lipinski definition) is 3. The van der Waals surface area contributed by atoms with Gasteiger partial charge in [0.05, 0.1) is 22.9 Å². The van der Waals surface area contributed by atoms with Crippen LogP contribution in [0.3, 0.4) is 0 Å². The topological polar surface area (TPSA) is 47.1 Å². The number of rotatable bonds is 1. The Bertz CT molecular complexity index is 617. The second-order valence-electron chi connectivity index (χ2n) is 6.28. The number of hydrogen-bond donors (Lipinski definition) is 1. The number of aromatic nitrogens is 2. The van der Waals surface area contributed by atoms with Crippen molar-refractivity contribution in [2.75, 3.05) is 0 Å². The Morgan fingerprint density at radius 1 is 1.11 bits per heavy atom. The predicted octanol–water partition coefficient (Wildman–Crippen LogP) is 2.17. The third-order valence-electron chi connectivity index (χ3n) is 4.23.